The molecule has 1 aromatic carbocycles. The molecule has 1 saturated heterocycles. The van der Waals surface area contributed by atoms with Gasteiger partial charge in [-0.05, 0) is 29.5 Å². The van der Waals surface area contributed by atoms with Gasteiger partial charge in [-0.2, -0.15) is 0 Å². The third-order valence-electron chi connectivity index (χ3n) is 3.88. The zero-order valence-corrected chi connectivity index (χ0v) is 15.6. The quantitative estimate of drug-likeness (QED) is 0.604. The highest BCUT2D eigenvalue weighted by molar-refractivity contribution is 8.26. The molecule has 128 valence electrons. The summed E-state index contributed by atoms with van der Waals surface area (Å²) >= 11 is 6.40. The first-order valence-electron chi connectivity index (χ1n) is 7.95. The number of hydrogen-bond acceptors (Lipinski definition) is 4. The predicted octanol–water partition coefficient (Wildman–Crippen LogP) is 4.26. The van der Waals surface area contributed by atoms with Crippen LogP contribution in [0.2, 0.25) is 0 Å². The van der Waals surface area contributed by atoms with Crippen LogP contribution in [0.4, 0.5) is 0 Å². The third kappa shape index (κ3) is 4.05. The van der Waals surface area contributed by atoms with Crippen LogP contribution in [0.3, 0.4) is 0 Å². The highest BCUT2D eigenvalue weighted by Crippen LogP contribution is 2.35. The number of nitrogens with zero attached hydrogens (tertiary/aromatic N) is 1. The molecule has 1 amide bonds. The largest absolute Gasteiger partial charge is 0.480 e. The van der Waals surface area contributed by atoms with Crippen molar-refractivity contribution in [3.8, 4) is 0 Å². The van der Waals surface area contributed by atoms with E-state index in [1.807, 2.05) is 31.2 Å². The van der Waals surface area contributed by atoms with E-state index in [2.05, 4.69) is 13.8 Å². The molecule has 4 nitrogen and oxygen atoms in total. The molecule has 0 spiro atoms. The van der Waals surface area contributed by atoms with Crippen molar-refractivity contribution in [1.29, 1.82) is 0 Å². The molecule has 1 fully saturated rings. The van der Waals surface area contributed by atoms with Crippen molar-refractivity contribution < 1.29 is 14.7 Å². The maximum atomic E-state index is 12.6. The Morgan fingerprint density at radius 2 is 1.96 bits per heavy atom. The number of carbonyl (C=O) groups is 2. The molecule has 1 N–H and O–H groups in total. The van der Waals surface area contributed by atoms with Gasteiger partial charge in [-0.1, -0.05) is 75.4 Å². The van der Waals surface area contributed by atoms with E-state index < -0.39 is 12.0 Å². The monoisotopic (exact) mass is 363 g/mol. The Morgan fingerprint density at radius 1 is 1.33 bits per heavy atom. The van der Waals surface area contributed by atoms with E-state index in [1.165, 1.54) is 10.5 Å². The first-order valence-corrected chi connectivity index (χ1v) is 9.17. The van der Waals surface area contributed by atoms with Crippen LogP contribution in [-0.4, -0.2) is 32.2 Å². The molecule has 1 unspecified atom stereocenters. The van der Waals surface area contributed by atoms with E-state index in [0.29, 0.717) is 28.0 Å². The topological polar surface area (TPSA) is 57.6 Å². The highest BCUT2D eigenvalue weighted by Gasteiger charge is 2.39. The Balaban J connectivity index is 2.25. The summed E-state index contributed by atoms with van der Waals surface area (Å²) in [7, 11) is 0. The standard InChI is InChI=1S/C18H21NO3S2/c1-4-5-14(17(21)22)19-16(20)15(24-18(19)23)10-12-6-8-13(9-7-12)11(2)3/h6-11,14H,4-5H2,1-3H3,(H,21,22). The van der Waals surface area contributed by atoms with Crippen molar-refractivity contribution in [3.05, 3.63) is 40.3 Å². The van der Waals surface area contributed by atoms with Gasteiger partial charge < -0.3 is 5.11 Å². The fourth-order valence-corrected chi connectivity index (χ4v) is 3.87. The van der Waals surface area contributed by atoms with Crippen molar-refractivity contribution in [2.75, 3.05) is 0 Å². The molecule has 24 heavy (non-hydrogen) atoms. The van der Waals surface area contributed by atoms with Crippen molar-refractivity contribution in [2.24, 2.45) is 0 Å². The molecule has 0 aromatic heterocycles. The van der Waals surface area contributed by atoms with E-state index in [1.54, 1.807) is 6.08 Å². The first-order chi connectivity index (χ1) is 11.3. The van der Waals surface area contributed by atoms with Crippen LogP contribution in [-0.2, 0) is 9.59 Å². The summed E-state index contributed by atoms with van der Waals surface area (Å²) in [6, 6.07) is 7.10. The van der Waals surface area contributed by atoms with Crippen LogP contribution in [0.15, 0.2) is 29.2 Å². The molecule has 1 aromatic rings. The SMILES string of the molecule is CCCC(C(=O)O)N1C(=O)C(=Cc2ccc(C(C)C)cc2)SC1=S. The van der Waals surface area contributed by atoms with Crippen LogP contribution in [0.25, 0.3) is 6.08 Å². The predicted molar refractivity (Wildman–Crippen MR) is 102 cm³/mol. The van der Waals surface area contributed by atoms with Gasteiger partial charge in [0.15, 0.2) is 0 Å². The van der Waals surface area contributed by atoms with Crippen LogP contribution in [0.5, 0.6) is 0 Å². The van der Waals surface area contributed by atoms with E-state index in [4.69, 9.17) is 12.2 Å². The Morgan fingerprint density at radius 3 is 2.46 bits per heavy atom. The van der Waals surface area contributed by atoms with E-state index in [0.717, 1.165) is 17.3 Å². The molecular formula is C18H21NO3S2. The number of carbonyl (C=O) groups excluding carboxylic acids is 1. The fourth-order valence-electron chi connectivity index (χ4n) is 2.51. The Bertz CT molecular complexity index is 680. The number of aliphatic carboxylic acids is 1. The number of benzene rings is 1. The second-order valence-electron chi connectivity index (χ2n) is 6.02. The number of thiocarbonyl (C=S) groups is 1. The van der Waals surface area contributed by atoms with Gasteiger partial charge >= 0.3 is 5.97 Å². The molecule has 1 aliphatic rings. The minimum Gasteiger partial charge on any atom is -0.480 e. The average Bonchev–Trinajstić information content (AvgIpc) is 2.79. The lowest BCUT2D eigenvalue weighted by Crippen LogP contribution is -2.43. The maximum absolute atomic E-state index is 12.6. The van der Waals surface area contributed by atoms with Crippen LogP contribution in [0.1, 0.15) is 50.7 Å². The summed E-state index contributed by atoms with van der Waals surface area (Å²) in [6.07, 6.45) is 2.83. The van der Waals surface area contributed by atoms with E-state index >= 15 is 0 Å². The van der Waals surface area contributed by atoms with Gasteiger partial charge in [-0.15, -0.1) is 0 Å². The summed E-state index contributed by atoms with van der Waals surface area (Å²) in [5.41, 5.74) is 2.14. The second kappa shape index (κ2) is 7.94. The first kappa shape index (κ1) is 18.7. The summed E-state index contributed by atoms with van der Waals surface area (Å²) in [6.45, 7) is 6.14. The molecule has 2 rings (SSSR count). The molecule has 0 aliphatic carbocycles. The second-order valence-corrected chi connectivity index (χ2v) is 7.69. The van der Waals surface area contributed by atoms with Gasteiger partial charge in [0.25, 0.3) is 5.91 Å². The molecule has 0 radical (unpaired) electrons. The van der Waals surface area contributed by atoms with Gasteiger partial charge in [0.1, 0.15) is 10.4 Å². The smallest absolute Gasteiger partial charge is 0.326 e. The van der Waals surface area contributed by atoms with E-state index in [9.17, 15) is 14.7 Å². The molecule has 1 aliphatic heterocycles. The van der Waals surface area contributed by atoms with Crippen LogP contribution in [0, 0.1) is 0 Å². The normalized spacial score (nSPS) is 17.8. The zero-order valence-electron chi connectivity index (χ0n) is 14.0. The Labute approximate surface area is 151 Å². The van der Waals surface area contributed by atoms with Gasteiger partial charge in [-0.3, -0.25) is 9.69 Å². The zero-order chi connectivity index (χ0) is 17.9. The number of hydrogen-bond donors (Lipinski definition) is 1. The fraction of sp³-hybridized carbons (Fsp3) is 0.389. The lowest BCUT2D eigenvalue weighted by molar-refractivity contribution is -0.145. The van der Waals surface area contributed by atoms with Crippen LogP contribution >= 0.6 is 24.0 Å². The summed E-state index contributed by atoms with van der Waals surface area (Å²) in [5, 5.41) is 9.38. The maximum Gasteiger partial charge on any atom is 0.326 e. The number of thioether (sulfide) groups is 1. The summed E-state index contributed by atoms with van der Waals surface area (Å²) < 4.78 is 0.311. The van der Waals surface area contributed by atoms with Gasteiger partial charge in [0.2, 0.25) is 0 Å². The highest BCUT2D eigenvalue weighted by atomic mass is 32.2. The molecule has 0 bridgehead atoms. The van der Waals surface area contributed by atoms with Crippen molar-refractivity contribution in [3.63, 3.8) is 0 Å². The number of amides is 1. The molecule has 1 atom stereocenters. The van der Waals surface area contributed by atoms with E-state index in [-0.39, 0.29) is 5.91 Å². The van der Waals surface area contributed by atoms with Crippen molar-refractivity contribution >= 4 is 46.3 Å². The van der Waals surface area contributed by atoms with Gasteiger partial charge in [0, 0.05) is 0 Å². The summed E-state index contributed by atoms with van der Waals surface area (Å²) in [5.74, 6) is -0.892. The lowest BCUT2D eigenvalue weighted by atomic mass is 10.0. The van der Waals surface area contributed by atoms with Gasteiger partial charge in [0.05, 0.1) is 4.91 Å². The van der Waals surface area contributed by atoms with Crippen molar-refractivity contribution in [1.82, 2.24) is 4.90 Å². The minimum absolute atomic E-state index is 0.311. The number of rotatable bonds is 6. The number of carboxylic acid groups (broad SMARTS) is 1. The summed E-state index contributed by atoms with van der Waals surface area (Å²) in [4.78, 5) is 25.8. The lowest BCUT2D eigenvalue weighted by Gasteiger charge is -2.22. The molecular weight excluding hydrogens is 342 g/mol. The molecule has 6 heteroatoms. The minimum atomic E-state index is -1.02. The number of carboxylic acids is 1. The van der Waals surface area contributed by atoms with Crippen LogP contribution < -0.4 is 0 Å². The molecule has 0 saturated carbocycles. The van der Waals surface area contributed by atoms with Crippen molar-refractivity contribution in [2.45, 2.75) is 45.6 Å². The molecule has 1 heterocycles. The Hall–Kier alpha value is -1.66. The third-order valence-corrected chi connectivity index (χ3v) is 5.21. The Kier molecular flexibility index (Phi) is 6.18. The van der Waals surface area contributed by atoms with Gasteiger partial charge in [-0.25, -0.2) is 4.79 Å². The average molecular weight is 364 g/mol.